The maximum atomic E-state index is 12.5. The maximum absolute atomic E-state index is 12.5. The van der Waals surface area contributed by atoms with Gasteiger partial charge < -0.3 is 9.32 Å². The van der Waals surface area contributed by atoms with Gasteiger partial charge in [0.15, 0.2) is 5.82 Å². The normalized spacial score (nSPS) is 11.5. The summed E-state index contributed by atoms with van der Waals surface area (Å²) >= 11 is 0. The molecule has 2 aromatic heterocycles. The summed E-state index contributed by atoms with van der Waals surface area (Å²) in [5, 5.41) is 0.615. The summed E-state index contributed by atoms with van der Waals surface area (Å²) in [6.07, 6.45) is 1.61. The third-order valence-electron chi connectivity index (χ3n) is 3.12. The Kier molecular flexibility index (Phi) is 3.50. The molecule has 0 aliphatic rings. The van der Waals surface area contributed by atoms with Crippen LogP contribution in [-0.2, 0) is 10.0 Å². The number of nitrogens with one attached hydrogen (secondary N) is 1. The molecule has 0 spiro atoms. The predicted molar refractivity (Wildman–Crippen MR) is 85.6 cm³/mol. The van der Waals surface area contributed by atoms with Crippen LogP contribution in [0.25, 0.3) is 11.0 Å². The lowest BCUT2D eigenvalue weighted by atomic mass is 10.3. The second kappa shape index (κ2) is 5.34. The highest BCUT2D eigenvalue weighted by molar-refractivity contribution is 7.92. The maximum Gasteiger partial charge on any atom is 0.295 e. The van der Waals surface area contributed by atoms with Gasteiger partial charge in [-0.15, -0.1) is 0 Å². The zero-order chi connectivity index (χ0) is 15.7. The lowest BCUT2D eigenvalue weighted by Gasteiger charge is -2.16. The van der Waals surface area contributed by atoms with Crippen molar-refractivity contribution in [2.75, 3.05) is 23.7 Å². The van der Waals surface area contributed by atoms with E-state index in [1.54, 1.807) is 55.5 Å². The van der Waals surface area contributed by atoms with Crippen molar-refractivity contribution in [3.8, 4) is 0 Å². The Morgan fingerprint density at radius 2 is 1.91 bits per heavy atom. The average molecular weight is 317 g/mol. The summed E-state index contributed by atoms with van der Waals surface area (Å²) in [6.45, 7) is 0. The number of aromatic nitrogens is 1. The molecule has 0 bridgehead atoms. The molecule has 1 N–H and O–H groups in total. The van der Waals surface area contributed by atoms with Gasteiger partial charge in [0, 0.05) is 31.7 Å². The van der Waals surface area contributed by atoms with Crippen LogP contribution in [-0.4, -0.2) is 27.5 Å². The minimum Gasteiger partial charge on any atom is -0.443 e. The van der Waals surface area contributed by atoms with Gasteiger partial charge in [0.1, 0.15) is 5.58 Å². The number of para-hydroxylation sites is 1. The van der Waals surface area contributed by atoms with Crippen molar-refractivity contribution in [2.45, 2.75) is 5.09 Å². The van der Waals surface area contributed by atoms with Crippen molar-refractivity contribution in [3.05, 3.63) is 48.7 Å². The zero-order valence-electron chi connectivity index (χ0n) is 12.1. The van der Waals surface area contributed by atoms with Crippen LogP contribution in [0.2, 0.25) is 0 Å². The molecule has 22 heavy (non-hydrogen) atoms. The number of furan rings is 1. The van der Waals surface area contributed by atoms with E-state index in [0.29, 0.717) is 17.1 Å². The first-order chi connectivity index (χ1) is 10.5. The Morgan fingerprint density at radius 3 is 2.64 bits per heavy atom. The Hall–Kier alpha value is -2.54. The van der Waals surface area contributed by atoms with Crippen LogP contribution in [0.1, 0.15) is 0 Å². The molecule has 0 unspecified atom stereocenters. The van der Waals surface area contributed by atoms with E-state index in [1.165, 1.54) is 6.07 Å². The van der Waals surface area contributed by atoms with Gasteiger partial charge >= 0.3 is 0 Å². The number of anilines is 2. The fraction of sp³-hybridized carbons (Fsp3) is 0.133. The van der Waals surface area contributed by atoms with Crippen LogP contribution in [0.15, 0.2) is 58.2 Å². The molecular weight excluding hydrogens is 302 g/mol. The van der Waals surface area contributed by atoms with Crippen molar-refractivity contribution >= 4 is 32.5 Å². The van der Waals surface area contributed by atoms with Crippen LogP contribution in [0.5, 0.6) is 0 Å². The fourth-order valence-corrected chi connectivity index (χ4v) is 3.15. The molecule has 0 aliphatic heterocycles. The molecule has 0 fully saturated rings. The van der Waals surface area contributed by atoms with Crippen molar-refractivity contribution in [3.63, 3.8) is 0 Å². The lowest BCUT2D eigenvalue weighted by Crippen LogP contribution is -2.17. The molecule has 0 amide bonds. The number of benzene rings is 1. The van der Waals surface area contributed by atoms with Gasteiger partial charge in [0.2, 0.25) is 5.09 Å². The Bertz CT molecular complexity index is 883. The molecule has 0 atom stereocenters. The van der Waals surface area contributed by atoms with Crippen molar-refractivity contribution in [2.24, 2.45) is 0 Å². The molecule has 0 aliphatic carbocycles. The summed E-state index contributed by atoms with van der Waals surface area (Å²) in [7, 11) is -0.229. The van der Waals surface area contributed by atoms with Crippen LogP contribution in [0, 0.1) is 0 Å². The number of sulfonamides is 1. The van der Waals surface area contributed by atoms with Crippen LogP contribution >= 0.6 is 0 Å². The Morgan fingerprint density at radius 1 is 1.14 bits per heavy atom. The van der Waals surface area contributed by atoms with E-state index in [0.717, 1.165) is 5.39 Å². The van der Waals surface area contributed by atoms with Gasteiger partial charge in [0.25, 0.3) is 10.0 Å². The summed E-state index contributed by atoms with van der Waals surface area (Å²) in [4.78, 5) is 5.90. The second-order valence-electron chi connectivity index (χ2n) is 4.98. The average Bonchev–Trinajstić information content (AvgIpc) is 2.92. The third kappa shape index (κ3) is 2.62. The molecule has 2 heterocycles. The van der Waals surface area contributed by atoms with E-state index in [2.05, 4.69) is 9.71 Å². The summed E-state index contributed by atoms with van der Waals surface area (Å²) in [6, 6.07) is 12.0. The molecule has 3 aromatic rings. The first kappa shape index (κ1) is 14.4. The van der Waals surface area contributed by atoms with Crippen LogP contribution in [0.3, 0.4) is 0 Å². The third-order valence-corrected chi connectivity index (χ3v) is 4.34. The molecule has 0 saturated carbocycles. The van der Waals surface area contributed by atoms with Crippen molar-refractivity contribution in [1.29, 1.82) is 0 Å². The van der Waals surface area contributed by atoms with E-state index in [9.17, 15) is 8.42 Å². The molecule has 7 heteroatoms. The van der Waals surface area contributed by atoms with Gasteiger partial charge in [-0.1, -0.05) is 18.2 Å². The van der Waals surface area contributed by atoms with Gasteiger partial charge in [-0.05, 0) is 18.2 Å². The van der Waals surface area contributed by atoms with Crippen LogP contribution in [0.4, 0.5) is 11.5 Å². The van der Waals surface area contributed by atoms with Gasteiger partial charge in [-0.2, -0.15) is 8.42 Å². The van der Waals surface area contributed by atoms with Crippen LogP contribution < -0.4 is 9.62 Å². The molecule has 6 nitrogen and oxygen atoms in total. The topological polar surface area (TPSA) is 75.4 Å². The minimum atomic E-state index is -3.81. The van der Waals surface area contributed by atoms with E-state index < -0.39 is 10.0 Å². The fourth-order valence-electron chi connectivity index (χ4n) is 2.12. The number of hydrogen-bond donors (Lipinski definition) is 1. The number of rotatable bonds is 4. The monoisotopic (exact) mass is 317 g/mol. The van der Waals surface area contributed by atoms with E-state index in [-0.39, 0.29) is 5.09 Å². The van der Waals surface area contributed by atoms with Gasteiger partial charge in [-0.25, -0.2) is 4.98 Å². The first-order valence-electron chi connectivity index (χ1n) is 6.61. The van der Waals surface area contributed by atoms with E-state index in [4.69, 9.17) is 4.42 Å². The predicted octanol–water partition coefficient (Wildman–Crippen LogP) is 2.69. The number of nitrogens with zero attached hydrogens (tertiary/aromatic N) is 2. The summed E-state index contributed by atoms with van der Waals surface area (Å²) < 4.78 is 32.9. The smallest absolute Gasteiger partial charge is 0.295 e. The summed E-state index contributed by atoms with van der Waals surface area (Å²) in [5.74, 6) is 0.530. The zero-order valence-corrected chi connectivity index (χ0v) is 13.0. The van der Waals surface area contributed by atoms with Crippen molar-refractivity contribution in [1.82, 2.24) is 4.98 Å². The molecule has 0 radical (unpaired) electrons. The highest BCUT2D eigenvalue weighted by Gasteiger charge is 2.21. The Balaban J connectivity index is 2.00. The van der Waals surface area contributed by atoms with Gasteiger partial charge in [0.05, 0.1) is 5.69 Å². The standard InChI is InChI=1S/C15H15N3O3S/c1-18(2)15-12(7-5-9-16-15)17-22(19,20)14-10-11-6-3-4-8-13(11)21-14/h3-10,17H,1-2H3. The van der Waals surface area contributed by atoms with Crippen molar-refractivity contribution < 1.29 is 12.8 Å². The molecule has 114 valence electrons. The molecule has 0 saturated heterocycles. The highest BCUT2D eigenvalue weighted by atomic mass is 32.2. The molecule has 3 rings (SSSR count). The Labute approximate surface area is 128 Å². The van der Waals surface area contributed by atoms with E-state index >= 15 is 0 Å². The van der Waals surface area contributed by atoms with Gasteiger partial charge in [-0.3, -0.25) is 4.72 Å². The number of fused-ring (bicyclic) bond motifs is 1. The molecular formula is C15H15N3O3S. The largest absolute Gasteiger partial charge is 0.443 e. The highest BCUT2D eigenvalue weighted by Crippen LogP contribution is 2.27. The molecule has 1 aromatic carbocycles. The first-order valence-corrected chi connectivity index (χ1v) is 8.09. The SMILES string of the molecule is CN(C)c1ncccc1NS(=O)(=O)c1cc2ccccc2o1. The number of hydrogen-bond acceptors (Lipinski definition) is 5. The second-order valence-corrected chi connectivity index (χ2v) is 6.59. The lowest BCUT2D eigenvalue weighted by molar-refractivity contribution is 0.484. The summed E-state index contributed by atoms with van der Waals surface area (Å²) in [5.41, 5.74) is 0.926. The van der Waals surface area contributed by atoms with E-state index in [1.807, 2.05) is 6.07 Å². The minimum absolute atomic E-state index is 0.123. The number of pyridine rings is 1. The quantitative estimate of drug-likeness (QED) is 0.800.